The van der Waals surface area contributed by atoms with Gasteiger partial charge in [-0.1, -0.05) is 6.07 Å². The number of methoxy groups -OCH3 is 1. The van der Waals surface area contributed by atoms with Gasteiger partial charge in [0, 0.05) is 36.2 Å². The van der Waals surface area contributed by atoms with Crippen LogP contribution in [0.25, 0.3) is 10.9 Å². The molecule has 0 radical (unpaired) electrons. The molecule has 2 bridgehead atoms. The molecule has 2 aromatic heterocycles. The van der Waals surface area contributed by atoms with Gasteiger partial charge in [-0.05, 0) is 51.8 Å². The first-order valence-corrected chi connectivity index (χ1v) is 12.2. The fraction of sp³-hybridized carbons (Fsp3) is 0.462. The van der Waals surface area contributed by atoms with Gasteiger partial charge in [0.1, 0.15) is 22.7 Å². The number of ether oxygens (including phenoxy) is 2. The second-order valence-electron chi connectivity index (χ2n) is 10.7. The zero-order valence-electron chi connectivity index (χ0n) is 21.4. The summed E-state index contributed by atoms with van der Waals surface area (Å²) < 4.78 is 51.9. The van der Waals surface area contributed by atoms with Gasteiger partial charge < -0.3 is 19.7 Å². The Kier molecular flexibility index (Phi) is 6.23. The Labute approximate surface area is 216 Å². The molecule has 1 N–H and O–H groups in total. The molecule has 1 aliphatic heterocycles. The molecule has 202 valence electrons. The summed E-state index contributed by atoms with van der Waals surface area (Å²) in [6.45, 7) is 6.13. The van der Waals surface area contributed by atoms with Crippen LogP contribution >= 0.6 is 0 Å². The number of nitrogens with zero attached hydrogens (tertiary/aromatic N) is 4. The van der Waals surface area contributed by atoms with Crippen LogP contribution in [0.5, 0.6) is 5.75 Å². The zero-order valence-corrected chi connectivity index (χ0v) is 21.4. The Bertz CT molecular complexity index is 1400. The van der Waals surface area contributed by atoms with Crippen LogP contribution in [0, 0.1) is 5.92 Å². The highest BCUT2D eigenvalue weighted by Crippen LogP contribution is 2.45. The van der Waals surface area contributed by atoms with Gasteiger partial charge in [-0.15, -0.1) is 0 Å². The SMILES string of the molecule is COc1cc2nn([C@H]3C[C@@H]4C[C@H]3CN4C(=O)OC(C)(C)C)cc2cc1NC(=O)c1cccc(C(F)(F)F)n1. The molecule has 2 fully saturated rings. The van der Waals surface area contributed by atoms with Crippen molar-refractivity contribution in [2.24, 2.45) is 5.92 Å². The molecule has 0 spiro atoms. The van der Waals surface area contributed by atoms with Crippen molar-refractivity contribution in [2.75, 3.05) is 19.0 Å². The Hall–Kier alpha value is -3.83. The Balaban J connectivity index is 1.34. The molecule has 1 aromatic carbocycles. The molecular formula is C26H28F3N5O4. The van der Waals surface area contributed by atoms with E-state index in [2.05, 4.69) is 10.3 Å². The average molecular weight is 532 g/mol. The highest BCUT2D eigenvalue weighted by Gasteiger charge is 2.48. The second-order valence-corrected chi connectivity index (χ2v) is 10.7. The molecule has 2 aliphatic rings. The molecule has 0 unspecified atom stereocenters. The van der Waals surface area contributed by atoms with Gasteiger partial charge >= 0.3 is 12.3 Å². The summed E-state index contributed by atoms with van der Waals surface area (Å²) in [6.07, 6.45) is -1.47. The van der Waals surface area contributed by atoms with Gasteiger partial charge in [0.05, 0.1) is 24.4 Å². The average Bonchev–Trinajstić information content (AvgIpc) is 3.55. The van der Waals surface area contributed by atoms with Crippen molar-refractivity contribution in [2.45, 2.75) is 57.5 Å². The number of hydrogen-bond acceptors (Lipinski definition) is 6. The number of anilines is 1. The van der Waals surface area contributed by atoms with Gasteiger partial charge in [0.15, 0.2) is 0 Å². The molecule has 1 saturated carbocycles. The number of amides is 2. The van der Waals surface area contributed by atoms with E-state index in [0.29, 0.717) is 17.8 Å². The van der Waals surface area contributed by atoms with E-state index in [-0.39, 0.29) is 35.5 Å². The van der Waals surface area contributed by atoms with Crippen LogP contribution in [0.1, 0.15) is 55.8 Å². The van der Waals surface area contributed by atoms with Crippen molar-refractivity contribution in [3.8, 4) is 5.75 Å². The van der Waals surface area contributed by atoms with Crippen LogP contribution in [0.15, 0.2) is 36.5 Å². The minimum Gasteiger partial charge on any atom is -0.494 e. The van der Waals surface area contributed by atoms with E-state index < -0.39 is 23.4 Å². The minimum atomic E-state index is -4.66. The van der Waals surface area contributed by atoms with Gasteiger partial charge in [0.2, 0.25) is 0 Å². The van der Waals surface area contributed by atoms with E-state index in [9.17, 15) is 22.8 Å². The lowest BCUT2D eigenvalue weighted by Crippen LogP contribution is -2.43. The number of alkyl halides is 3. The Morgan fingerprint density at radius 2 is 1.89 bits per heavy atom. The molecule has 3 heterocycles. The predicted molar refractivity (Wildman–Crippen MR) is 132 cm³/mol. The van der Waals surface area contributed by atoms with Crippen molar-refractivity contribution < 1.29 is 32.2 Å². The minimum absolute atomic E-state index is 0.0801. The van der Waals surface area contributed by atoms with E-state index in [4.69, 9.17) is 14.6 Å². The van der Waals surface area contributed by atoms with Crippen molar-refractivity contribution in [1.29, 1.82) is 0 Å². The summed E-state index contributed by atoms with van der Waals surface area (Å²) in [4.78, 5) is 30.5. The van der Waals surface area contributed by atoms with Crippen molar-refractivity contribution in [3.05, 3.63) is 47.9 Å². The van der Waals surface area contributed by atoms with Crippen molar-refractivity contribution >= 4 is 28.6 Å². The number of aromatic nitrogens is 3. The maximum Gasteiger partial charge on any atom is 0.433 e. The fourth-order valence-corrected chi connectivity index (χ4v) is 5.21. The monoisotopic (exact) mass is 531 g/mol. The molecule has 5 rings (SSSR count). The normalized spacial score (nSPS) is 21.1. The molecule has 9 nitrogen and oxygen atoms in total. The van der Waals surface area contributed by atoms with Crippen LogP contribution in [0.4, 0.5) is 23.7 Å². The highest BCUT2D eigenvalue weighted by molar-refractivity contribution is 6.05. The number of benzene rings is 1. The fourth-order valence-electron chi connectivity index (χ4n) is 5.21. The second kappa shape index (κ2) is 9.17. The maximum atomic E-state index is 13.0. The third-order valence-electron chi connectivity index (χ3n) is 6.84. The van der Waals surface area contributed by atoms with Crippen LogP contribution in [-0.2, 0) is 10.9 Å². The van der Waals surface area contributed by atoms with Crippen LogP contribution < -0.4 is 10.1 Å². The molecule has 3 aromatic rings. The van der Waals surface area contributed by atoms with Gasteiger partial charge in [-0.25, -0.2) is 9.78 Å². The van der Waals surface area contributed by atoms with E-state index in [1.807, 2.05) is 31.6 Å². The summed E-state index contributed by atoms with van der Waals surface area (Å²) in [5.74, 6) is -0.251. The van der Waals surface area contributed by atoms with Gasteiger partial charge in [-0.2, -0.15) is 18.3 Å². The predicted octanol–water partition coefficient (Wildman–Crippen LogP) is 5.28. The topological polar surface area (TPSA) is 98.6 Å². The number of carbonyl (C=O) groups is 2. The van der Waals surface area contributed by atoms with E-state index >= 15 is 0 Å². The summed E-state index contributed by atoms with van der Waals surface area (Å²) >= 11 is 0. The number of nitrogens with one attached hydrogen (secondary N) is 1. The van der Waals surface area contributed by atoms with Gasteiger partial charge in [-0.3, -0.25) is 9.48 Å². The lowest BCUT2D eigenvalue weighted by atomic mass is 10.0. The Morgan fingerprint density at radius 3 is 2.53 bits per heavy atom. The number of carbonyl (C=O) groups excluding carboxylic acids is 2. The summed E-state index contributed by atoms with van der Waals surface area (Å²) in [5.41, 5.74) is -1.14. The molecule has 2 amide bonds. The molecule has 12 heteroatoms. The molecule has 3 atom stereocenters. The smallest absolute Gasteiger partial charge is 0.433 e. The summed E-state index contributed by atoms with van der Waals surface area (Å²) in [7, 11) is 1.43. The number of piperidine rings is 1. The van der Waals surface area contributed by atoms with Crippen molar-refractivity contribution in [1.82, 2.24) is 19.7 Å². The molecular weight excluding hydrogens is 503 g/mol. The number of halogens is 3. The standard InChI is InChI=1S/C26H28F3N5O4/c1-25(2,3)38-24(36)33-12-15-8-16(33)10-20(15)34-13-14-9-19(21(37-4)11-18(14)32-34)31-23(35)17-6-5-7-22(30-17)26(27,28)29/h5-7,9,11,13,15-16,20H,8,10,12H2,1-4H3,(H,31,35)/t15-,16-,20-/m0/s1. The lowest BCUT2D eigenvalue weighted by molar-refractivity contribution is -0.141. The molecule has 38 heavy (non-hydrogen) atoms. The third-order valence-corrected chi connectivity index (χ3v) is 6.84. The number of likely N-dealkylation sites (tertiary alicyclic amines) is 1. The number of fused-ring (bicyclic) bond motifs is 3. The molecule has 1 aliphatic carbocycles. The number of rotatable bonds is 4. The first-order chi connectivity index (χ1) is 17.8. The maximum absolute atomic E-state index is 13.0. The van der Waals surface area contributed by atoms with Crippen LogP contribution in [0.2, 0.25) is 0 Å². The largest absolute Gasteiger partial charge is 0.494 e. The highest BCUT2D eigenvalue weighted by atomic mass is 19.4. The molecule has 1 saturated heterocycles. The van der Waals surface area contributed by atoms with E-state index in [1.54, 1.807) is 17.0 Å². The quantitative estimate of drug-likeness (QED) is 0.492. The van der Waals surface area contributed by atoms with Crippen LogP contribution in [0.3, 0.4) is 0 Å². The lowest BCUT2D eigenvalue weighted by Gasteiger charge is -2.33. The summed E-state index contributed by atoms with van der Waals surface area (Å²) in [5, 5.41) is 8.05. The zero-order chi connectivity index (χ0) is 27.4. The first-order valence-electron chi connectivity index (χ1n) is 12.2. The number of pyridine rings is 1. The van der Waals surface area contributed by atoms with E-state index in [1.165, 1.54) is 13.2 Å². The Morgan fingerprint density at radius 1 is 1.13 bits per heavy atom. The number of hydrogen-bond donors (Lipinski definition) is 1. The third kappa shape index (κ3) is 4.99. The van der Waals surface area contributed by atoms with Crippen LogP contribution in [-0.4, -0.2) is 57.0 Å². The first kappa shape index (κ1) is 25.8. The summed E-state index contributed by atoms with van der Waals surface area (Å²) in [6, 6.07) is 6.67. The van der Waals surface area contributed by atoms with Crippen molar-refractivity contribution in [3.63, 3.8) is 0 Å². The van der Waals surface area contributed by atoms with Gasteiger partial charge in [0.25, 0.3) is 5.91 Å². The van der Waals surface area contributed by atoms with E-state index in [0.717, 1.165) is 30.4 Å².